The van der Waals surface area contributed by atoms with Gasteiger partial charge in [-0.25, -0.2) is 9.78 Å². The molecule has 1 heterocycles. The van der Waals surface area contributed by atoms with Crippen LogP contribution < -0.4 is 0 Å². The molecule has 0 fully saturated rings. The van der Waals surface area contributed by atoms with E-state index in [4.69, 9.17) is 5.11 Å². The largest absolute Gasteiger partial charge is 0.476 e. The Kier molecular flexibility index (Phi) is 2.83. The minimum atomic E-state index is -3.92. The standard InChI is InChI=1S/C8H10F2N2O2/c1-2-4-12-5-3-11-6(12)8(9,10)7(13)14/h3,5H,2,4H2,1H3,(H,13,14). The van der Waals surface area contributed by atoms with Crippen molar-refractivity contribution in [1.82, 2.24) is 9.55 Å². The van der Waals surface area contributed by atoms with Crippen LogP contribution >= 0.6 is 0 Å². The van der Waals surface area contributed by atoms with Gasteiger partial charge in [0.25, 0.3) is 0 Å². The van der Waals surface area contributed by atoms with Crippen molar-refractivity contribution >= 4 is 5.97 Å². The number of rotatable bonds is 4. The van der Waals surface area contributed by atoms with Crippen LogP contribution in [0.25, 0.3) is 0 Å². The molecule has 1 aromatic heterocycles. The maximum atomic E-state index is 13.0. The zero-order valence-corrected chi connectivity index (χ0v) is 7.57. The lowest BCUT2D eigenvalue weighted by Crippen LogP contribution is -2.29. The minimum absolute atomic E-state index is 0.332. The van der Waals surface area contributed by atoms with Crippen molar-refractivity contribution in [2.75, 3.05) is 0 Å². The van der Waals surface area contributed by atoms with E-state index in [2.05, 4.69) is 4.98 Å². The molecule has 0 saturated heterocycles. The fraction of sp³-hybridized carbons (Fsp3) is 0.500. The van der Waals surface area contributed by atoms with E-state index in [0.29, 0.717) is 13.0 Å². The number of aliphatic carboxylic acids is 1. The average Bonchev–Trinajstić information content (AvgIpc) is 2.53. The summed E-state index contributed by atoms with van der Waals surface area (Å²) in [6.07, 6.45) is 3.15. The molecule has 0 radical (unpaired) electrons. The third-order valence-electron chi connectivity index (χ3n) is 1.73. The van der Waals surface area contributed by atoms with Crippen LogP contribution in [0.1, 0.15) is 19.2 Å². The van der Waals surface area contributed by atoms with Crippen molar-refractivity contribution in [3.05, 3.63) is 18.2 Å². The molecule has 0 bridgehead atoms. The van der Waals surface area contributed by atoms with E-state index in [-0.39, 0.29) is 0 Å². The Morgan fingerprint density at radius 1 is 1.71 bits per heavy atom. The van der Waals surface area contributed by atoms with Gasteiger partial charge in [0.05, 0.1) is 0 Å². The van der Waals surface area contributed by atoms with Gasteiger partial charge in [-0.15, -0.1) is 0 Å². The second-order valence-corrected chi connectivity index (χ2v) is 2.82. The maximum Gasteiger partial charge on any atom is 0.399 e. The summed E-state index contributed by atoms with van der Waals surface area (Å²) in [4.78, 5) is 13.6. The van der Waals surface area contributed by atoms with E-state index < -0.39 is 17.7 Å². The second-order valence-electron chi connectivity index (χ2n) is 2.82. The summed E-state index contributed by atoms with van der Waals surface area (Å²) < 4.78 is 27.2. The molecule has 0 aliphatic heterocycles. The van der Waals surface area contributed by atoms with E-state index in [1.54, 1.807) is 0 Å². The van der Waals surface area contributed by atoms with Gasteiger partial charge in [0, 0.05) is 18.9 Å². The molecular weight excluding hydrogens is 194 g/mol. The molecular formula is C8H10F2N2O2. The molecule has 0 aliphatic rings. The van der Waals surface area contributed by atoms with Crippen molar-refractivity contribution in [2.45, 2.75) is 25.8 Å². The van der Waals surface area contributed by atoms with Gasteiger partial charge < -0.3 is 9.67 Å². The Labute approximate surface area is 79.2 Å². The molecule has 1 N–H and O–H groups in total. The summed E-state index contributed by atoms with van der Waals surface area (Å²) in [6, 6.07) is 0. The molecule has 78 valence electrons. The predicted octanol–water partition coefficient (Wildman–Crippen LogP) is 1.47. The first-order valence-corrected chi connectivity index (χ1v) is 4.13. The number of aromatic nitrogens is 2. The predicted molar refractivity (Wildman–Crippen MR) is 44.0 cm³/mol. The van der Waals surface area contributed by atoms with Gasteiger partial charge in [0.15, 0.2) is 5.82 Å². The Morgan fingerprint density at radius 2 is 2.36 bits per heavy atom. The molecule has 0 aromatic carbocycles. The Hall–Kier alpha value is -1.46. The third-order valence-corrected chi connectivity index (χ3v) is 1.73. The van der Waals surface area contributed by atoms with Crippen molar-refractivity contribution in [2.24, 2.45) is 0 Å². The lowest BCUT2D eigenvalue weighted by molar-refractivity contribution is -0.168. The fourth-order valence-corrected chi connectivity index (χ4v) is 1.11. The summed E-state index contributed by atoms with van der Waals surface area (Å²) in [7, 11) is 0. The number of aryl methyl sites for hydroxylation is 1. The van der Waals surface area contributed by atoms with Gasteiger partial charge in [-0.05, 0) is 6.42 Å². The fourth-order valence-electron chi connectivity index (χ4n) is 1.11. The maximum absolute atomic E-state index is 13.0. The van der Waals surface area contributed by atoms with Crippen LogP contribution in [0.15, 0.2) is 12.4 Å². The molecule has 6 heteroatoms. The van der Waals surface area contributed by atoms with Crippen LogP contribution in [0.5, 0.6) is 0 Å². The van der Waals surface area contributed by atoms with E-state index in [9.17, 15) is 13.6 Å². The number of carbonyl (C=O) groups is 1. The molecule has 0 unspecified atom stereocenters. The summed E-state index contributed by atoms with van der Waals surface area (Å²) in [5.74, 6) is -6.81. The lowest BCUT2D eigenvalue weighted by Gasteiger charge is -2.12. The van der Waals surface area contributed by atoms with Gasteiger partial charge >= 0.3 is 11.9 Å². The molecule has 0 spiro atoms. The van der Waals surface area contributed by atoms with Gasteiger partial charge in [0.1, 0.15) is 0 Å². The smallest absolute Gasteiger partial charge is 0.399 e. The average molecular weight is 204 g/mol. The van der Waals surface area contributed by atoms with Crippen molar-refractivity contribution in [1.29, 1.82) is 0 Å². The zero-order chi connectivity index (χ0) is 10.8. The first kappa shape index (κ1) is 10.6. The van der Waals surface area contributed by atoms with Crippen LogP contribution in [0.4, 0.5) is 8.78 Å². The third kappa shape index (κ3) is 1.73. The molecule has 0 saturated carbocycles. The normalized spacial score (nSPS) is 11.6. The van der Waals surface area contributed by atoms with E-state index in [1.807, 2.05) is 6.92 Å². The lowest BCUT2D eigenvalue weighted by atomic mass is 10.3. The SMILES string of the molecule is CCCn1ccnc1C(F)(F)C(=O)O. The summed E-state index contributed by atoms with van der Waals surface area (Å²) >= 11 is 0. The van der Waals surface area contributed by atoms with E-state index in [1.165, 1.54) is 12.4 Å². The van der Waals surface area contributed by atoms with Crippen LogP contribution in [0.2, 0.25) is 0 Å². The van der Waals surface area contributed by atoms with Gasteiger partial charge in [0.2, 0.25) is 0 Å². The molecule has 0 amide bonds. The van der Waals surface area contributed by atoms with E-state index in [0.717, 1.165) is 4.57 Å². The van der Waals surface area contributed by atoms with Crippen LogP contribution in [-0.2, 0) is 17.3 Å². The molecule has 1 rings (SSSR count). The first-order chi connectivity index (χ1) is 6.50. The molecule has 4 nitrogen and oxygen atoms in total. The number of hydrogen-bond acceptors (Lipinski definition) is 2. The van der Waals surface area contributed by atoms with Crippen LogP contribution in [0.3, 0.4) is 0 Å². The number of nitrogens with zero attached hydrogens (tertiary/aromatic N) is 2. The summed E-state index contributed by atoms with van der Waals surface area (Å²) in [5.41, 5.74) is 0. The highest BCUT2D eigenvalue weighted by Crippen LogP contribution is 2.26. The molecule has 1 aromatic rings. The van der Waals surface area contributed by atoms with Crippen molar-refractivity contribution in [3.8, 4) is 0 Å². The first-order valence-electron chi connectivity index (χ1n) is 4.13. The number of imidazole rings is 1. The number of alkyl halides is 2. The summed E-state index contributed by atoms with van der Waals surface area (Å²) in [6.45, 7) is 2.14. The number of halogens is 2. The van der Waals surface area contributed by atoms with Crippen molar-refractivity contribution < 1.29 is 18.7 Å². The summed E-state index contributed by atoms with van der Waals surface area (Å²) in [5, 5.41) is 8.30. The quantitative estimate of drug-likeness (QED) is 0.807. The van der Waals surface area contributed by atoms with E-state index >= 15 is 0 Å². The minimum Gasteiger partial charge on any atom is -0.476 e. The Morgan fingerprint density at radius 3 is 2.86 bits per heavy atom. The Balaban J connectivity index is 3.05. The number of carboxylic acid groups (broad SMARTS) is 1. The number of carboxylic acids is 1. The monoisotopic (exact) mass is 204 g/mol. The highest BCUT2D eigenvalue weighted by Gasteiger charge is 2.45. The van der Waals surface area contributed by atoms with Crippen LogP contribution in [0, 0.1) is 0 Å². The van der Waals surface area contributed by atoms with Crippen LogP contribution in [-0.4, -0.2) is 20.6 Å². The number of hydrogen-bond donors (Lipinski definition) is 1. The molecule has 0 aliphatic carbocycles. The van der Waals surface area contributed by atoms with Gasteiger partial charge in [-0.2, -0.15) is 8.78 Å². The highest BCUT2D eigenvalue weighted by molar-refractivity contribution is 5.76. The molecule has 0 atom stereocenters. The second kappa shape index (κ2) is 3.73. The highest BCUT2D eigenvalue weighted by atomic mass is 19.3. The zero-order valence-electron chi connectivity index (χ0n) is 7.57. The topological polar surface area (TPSA) is 55.1 Å². The molecule has 14 heavy (non-hydrogen) atoms. The van der Waals surface area contributed by atoms with Gasteiger partial charge in [-0.3, -0.25) is 0 Å². The Bertz CT molecular complexity index is 336. The van der Waals surface area contributed by atoms with Crippen molar-refractivity contribution in [3.63, 3.8) is 0 Å². The van der Waals surface area contributed by atoms with Gasteiger partial charge in [-0.1, -0.05) is 6.92 Å².